The van der Waals surface area contributed by atoms with E-state index in [-0.39, 0.29) is 16.6 Å². The lowest BCUT2D eigenvalue weighted by molar-refractivity contribution is 0.0963. The van der Waals surface area contributed by atoms with Gasteiger partial charge in [0.25, 0.3) is 5.91 Å². The lowest BCUT2D eigenvalue weighted by atomic mass is 10.1. The normalized spacial score (nSPS) is 11.6. The number of sulfone groups is 1. The Balaban J connectivity index is 1.72. The van der Waals surface area contributed by atoms with Gasteiger partial charge in [-0.05, 0) is 54.1 Å². The fourth-order valence-electron chi connectivity index (χ4n) is 3.01. The van der Waals surface area contributed by atoms with Gasteiger partial charge in [-0.1, -0.05) is 23.7 Å². The lowest BCUT2D eigenvalue weighted by Crippen LogP contribution is -2.28. The summed E-state index contributed by atoms with van der Waals surface area (Å²) in [6.45, 7) is 1.31. The molecule has 0 aliphatic carbocycles. The van der Waals surface area contributed by atoms with Crippen molar-refractivity contribution in [3.63, 3.8) is 0 Å². The second kappa shape index (κ2) is 9.93. The number of hydrogen-bond donors (Lipinski definition) is 1. The molecule has 3 rings (SSSR count). The van der Waals surface area contributed by atoms with Gasteiger partial charge in [0.05, 0.1) is 23.5 Å². The van der Waals surface area contributed by atoms with Gasteiger partial charge < -0.3 is 9.73 Å². The molecule has 0 saturated carbocycles. The molecule has 8 heteroatoms. The second-order valence-corrected chi connectivity index (χ2v) is 9.38. The Kier molecular flexibility index (Phi) is 7.31. The van der Waals surface area contributed by atoms with Crippen LogP contribution in [0.4, 0.5) is 0 Å². The molecular formula is C22H23ClN2O4S. The first kappa shape index (κ1) is 22.1. The van der Waals surface area contributed by atoms with Crippen LogP contribution in [0.15, 0.2) is 76.2 Å². The third-order valence-corrected chi connectivity index (χ3v) is 6.62. The minimum Gasteiger partial charge on any atom is -0.468 e. The van der Waals surface area contributed by atoms with E-state index >= 15 is 0 Å². The summed E-state index contributed by atoms with van der Waals surface area (Å²) in [6.07, 6.45) is 1.59. The molecule has 30 heavy (non-hydrogen) atoms. The molecule has 1 aromatic heterocycles. The van der Waals surface area contributed by atoms with E-state index in [2.05, 4.69) is 5.32 Å². The highest BCUT2D eigenvalue weighted by molar-refractivity contribution is 7.91. The van der Waals surface area contributed by atoms with Crippen LogP contribution in [0.2, 0.25) is 5.02 Å². The summed E-state index contributed by atoms with van der Waals surface area (Å²) in [7, 11) is -1.86. The number of benzene rings is 2. The molecule has 0 radical (unpaired) electrons. The first-order chi connectivity index (χ1) is 14.4. The number of nitrogens with one attached hydrogen (secondary N) is 1. The van der Waals surface area contributed by atoms with Gasteiger partial charge in [0.1, 0.15) is 5.76 Å². The predicted molar refractivity (Wildman–Crippen MR) is 116 cm³/mol. The third kappa shape index (κ3) is 5.95. The highest BCUT2D eigenvalue weighted by atomic mass is 35.5. The van der Waals surface area contributed by atoms with E-state index in [1.165, 1.54) is 12.1 Å². The molecule has 1 N–H and O–H groups in total. The zero-order chi connectivity index (χ0) is 21.6. The van der Waals surface area contributed by atoms with Gasteiger partial charge in [-0.25, -0.2) is 8.42 Å². The fraction of sp³-hybridized carbons (Fsp3) is 0.227. The van der Waals surface area contributed by atoms with Crippen molar-refractivity contribution in [1.29, 1.82) is 0 Å². The summed E-state index contributed by atoms with van der Waals surface area (Å²) in [5.74, 6) is 0.565. The van der Waals surface area contributed by atoms with E-state index in [0.717, 1.165) is 11.3 Å². The summed E-state index contributed by atoms with van der Waals surface area (Å²) < 4.78 is 30.9. The van der Waals surface area contributed by atoms with Crippen molar-refractivity contribution in [1.82, 2.24) is 10.2 Å². The second-order valence-electron chi connectivity index (χ2n) is 6.84. The van der Waals surface area contributed by atoms with Crippen LogP contribution >= 0.6 is 11.6 Å². The topological polar surface area (TPSA) is 79.6 Å². The molecule has 0 aliphatic heterocycles. The van der Waals surface area contributed by atoms with E-state index in [1.54, 1.807) is 43.6 Å². The van der Waals surface area contributed by atoms with Crippen molar-refractivity contribution < 1.29 is 17.6 Å². The van der Waals surface area contributed by atoms with E-state index < -0.39 is 9.84 Å². The molecule has 3 aromatic rings. The van der Waals surface area contributed by atoms with Crippen LogP contribution in [0.3, 0.4) is 0 Å². The fourth-order valence-corrected chi connectivity index (χ4v) is 4.42. The standard InChI is InChI=1S/C22H23ClN2O4S/c1-24-22(26)18-6-4-17(5-7-18)15-25(16-20-3-2-13-29-20)12-14-30(27,28)21-10-8-19(23)9-11-21/h2-11,13H,12,14-16H2,1H3,(H,24,26). The molecule has 1 amide bonds. The number of nitrogens with zero attached hydrogens (tertiary/aromatic N) is 1. The molecule has 158 valence electrons. The largest absolute Gasteiger partial charge is 0.468 e. The monoisotopic (exact) mass is 446 g/mol. The minimum absolute atomic E-state index is 0.0360. The van der Waals surface area contributed by atoms with Crippen molar-refractivity contribution in [2.45, 2.75) is 18.0 Å². The molecule has 0 aliphatic rings. The Morgan fingerprint density at radius 3 is 2.33 bits per heavy atom. The lowest BCUT2D eigenvalue weighted by Gasteiger charge is -2.21. The maximum absolute atomic E-state index is 12.7. The van der Waals surface area contributed by atoms with Crippen LogP contribution in [0, 0.1) is 0 Å². The van der Waals surface area contributed by atoms with Crippen LogP contribution in [0.25, 0.3) is 0 Å². The van der Waals surface area contributed by atoms with Gasteiger partial charge >= 0.3 is 0 Å². The number of hydrogen-bond acceptors (Lipinski definition) is 5. The van der Waals surface area contributed by atoms with Gasteiger partial charge in [0, 0.05) is 30.7 Å². The number of rotatable bonds is 9. The van der Waals surface area contributed by atoms with Crippen molar-refractivity contribution in [2.75, 3.05) is 19.3 Å². The number of amides is 1. The highest BCUT2D eigenvalue weighted by Crippen LogP contribution is 2.17. The van der Waals surface area contributed by atoms with Gasteiger partial charge in [0.15, 0.2) is 9.84 Å². The summed E-state index contributed by atoms with van der Waals surface area (Å²) in [5.41, 5.74) is 1.54. The summed E-state index contributed by atoms with van der Waals surface area (Å²) in [6, 6.07) is 17.1. The van der Waals surface area contributed by atoms with Crippen molar-refractivity contribution >= 4 is 27.3 Å². The minimum atomic E-state index is -3.45. The number of furan rings is 1. The van der Waals surface area contributed by atoms with Gasteiger partial charge in [0.2, 0.25) is 0 Å². The zero-order valence-corrected chi connectivity index (χ0v) is 18.1. The average Bonchev–Trinajstić information content (AvgIpc) is 3.25. The first-order valence-electron chi connectivity index (χ1n) is 9.41. The zero-order valence-electron chi connectivity index (χ0n) is 16.5. The van der Waals surface area contributed by atoms with Crippen LogP contribution in [0.5, 0.6) is 0 Å². The Morgan fingerprint density at radius 2 is 1.73 bits per heavy atom. The smallest absolute Gasteiger partial charge is 0.251 e. The van der Waals surface area contributed by atoms with Crippen molar-refractivity contribution in [3.05, 3.63) is 88.8 Å². The summed E-state index contributed by atoms with van der Waals surface area (Å²) in [4.78, 5) is 14.0. The van der Waals surface area contributed by atoms with Crippen LogP contribution in [-0.2, 0) is 22.9 Å². The molecule has 0 spiro atoms. The average molecular weight is 447 g/mol. The quantitative estimate of drug-likeness (QED) is 0.541. The molecule has 0 saturated heterocycles. The maximum atomic E-state index is 12.7. The van der Waals surface area contributed by atoms with Crippen LogP contribution in [-0.4, -0.2) is 38.6 Å². The summed E-state index contributed by atoms with van der Waals surface area (Å²) >= 11 is 5.86. The first-order valence-corrected chi connectivity index (χ1v) is 11.4. The van der Waals surface area contributed by atoms with Gasteiger partial charge in [-0.15, -0.1) is 0 Å². The Labute approximate surface area is 181 Å². The SMILES string of the molecule is CNC(=O)c1ccc(CN(CCS(=O)(=O)c2ccc(Cl)cc2)Cc2ccco2)cc1. The van der Waals surface area contributed by atoms with Crippen LogP contribution in [0.1, 0.15) is 21.7 Å². The van der Waals surface area contributed by atoms with E-state index in [0.29, 0.717) is 30.2 Å². The molecule has 2 aromatic carbocycles. The number of carbonyl (C=O) groups is 1. The molecule has 6 nitrogen and oxygen atoms in total. The van der Waals surface area contributed by atoms with E-state index in [9.17, 15) is 13.2 Å². The van der Waals surface area contributed by atoms with E-state index in [1.807, 2.05) is 23.1 Å². The van der Waals surface area contributed by atoms with Crippen molar-refractivity contribution in [3.8, 4) is 0 Å². The van der Waals surface area contributed by atoms with E-state index in [4.69, 9.17) is 16.0 Å². The molecular weight excluding hydrogens is 424 g/mol. The Morgan fingerprint density at radius 1 is 1.03 bits per heavy atom. The molecule has 1 heterocycles. The van der Waals surface area contributed by atoms with Gasteiger partial charge in [-0.2, -0.15) is 0 Å². The highest BCUT2D eigenvalue weighted by Gasteiger charge is 2.18. The maximum Gasteiger partial charge on any atom is 0.251 e. The summed E-state index contributed by atoms with van der Waals surface area (Å²) in [5, 5.41) is 3.08. The third-order valence-electron chi connectivity index (χ3n) is 4.66. The predicted octanol–water partition coefficient (Wildman–Crippen LogP) is 3.77. The van der Waals surface area contributed by atoms with Crippen molar-refractivity contribution in [2.24, 2.45) is 0 Å². The number of halogens is 1. The van der Waals surface area contributed by atoms with Crippen LogP contribution < -0.4 is 5.32 Å². The molecule has 0 bridgehead atoms. The number of carbonyl (C=O) groups excluding carboxylic acids is 1. The van der Waals surface area contributed by atoms with Gasteiger partial charge in [-0.3, -0.25) is 9.69 Å². The molecule has 0 unspecified atom stereocenters. The molecule has 0 fully saturated rings. The Bertz CT molecular complexity index is 1060. The molecule has 0 atom stereocenters. The Hall–Kier alpha value is -2.61.